The Hall–Kier alpha value is -4.66. The fraction of sp³-hybridized carbons (Fsp3) is 0.0952. The summed E-state index contributed by atoms with van der Waals surface area (Å²) >= 11 is 1.21. The van der Waals surface area contributed by atoms with E-state index in [1.165, 1.54) is 34.2 Å². The van der Waals surface area contributed by atoms with Gasteiger partial charge in [0.15, 0.2) is 17.1 Å². The first-order valence-electron chi connectivity index (χ1n) is 10.1. The second-order valence-corrected chi connectivity index (χ2v) is 8.61. The molecule has 0 atom stereocenters. The SMILES string of the molecule is Cc1nn(-c2ccc(NC(=O)Oc3cc(C(F)(F)F)nn3-c3ccc4onc(N)c4c3)cc2)c(=N)s1. The maximum atomic E-state index is 13.4. The molecule has 3 heterocycles. The van der Waals surface area contributed by atoms with Gasteiger partial charge in [0.05, 0.1) is 16.8 Å². The highest BCUT2D eigenvalue weighted by atomic mass is 32.1. The summed E-state index contributed by atoms with van der Waals surface area (Å²) < 4.78 is 52.5. The largest absolute Gasteiger partial charge is 0.435 e. The Morgan fingerprint density at radius 2 is 1.83 bits per heavy atom. The van der Waals surface area contributed by atoms with Crippen LogP contribution in [0.1, 0.15) is 10.7 Å². The first kappa shape index (κ1) is 23.1. The Labute approximate surface area is 203 Å². The number of hydrogen-bond donors (Lipinski definition) is 3. The molecule has 0 aliphatic rings. The van der Waals surface area contributed by atoms with Crippen LogP contribution in [0.3, 0.4) is 0 Å². The first-order valence-corrected chi connectivity index (χ1v) is 10.9. The molecular formula is C21H15F3N8O3S. The zero-order chi connectivity index (χ0) is 25.6. The van der Waals surface area contributed by atoms with Crippen molar-refractivity contribution in [2.45, 2.75) is 13.1 Å². The van der Waals surface area contributed by atoms with Crippen LogP contribution in [0.25, 0.3) is 22.3 Å². The van der Waals surface area contributed by atoms with Crippen LogP contribution in [-0.2, 0) is 6.18 Å². The predicted molar refractivity (Wildman–Crippen MR) is 122 cm³/mol. The minimum Gasteiger partial charge on any atom is -0.391 e. The smallest absolute Gasteiger partial charge is 0.391 e. The molecule has 15 heteroatoms. The Balaban J connectivity index is 1.40. The third-order valence-electron chi connectivity index (χ3n) is 4.93. The van der Waals surface area contributed by atoms with E-state index in [1.807, 2.05) is 0 Å². The van der Waals surface area contributed by atoms with Gasteiger partial charge in [-0.25, -0.2) is 9.48 Å². The number of nitrogens with two attached hydrogens (primary N) is 1. The number of amides is 1. The minimum atomic E-state index is -4.78. The van der Waals surface area contributed by atoms with Crippen molar-refractivity contribution in [3.05, 3.63) is 64.0 Å². The van der Waals surface area contributed by atoms with Crippen molar-refractivity contribution in [2.24, 2.45) is 0 Å². The van der Waals surface area contributed by atoms with E-state index in [4.69, 9.17) is 20.4 Å². The Bertz CT molecular complexity index is 1650. The van der Waals surface area contributed by atoms with Crippen LogP contribution in [-0.4, -0.2) is 30.8 Å². The summed E-state index contributed by atoms with van der Waals surface area (Å²) in [6.07, 6.45) is -5.82. The molecule has 0 aliphatic heterocycles. The van der Waals surface area contributed by atoms with Crippen LogP contribution in [0.4, 0.5) is 29.5 Å². The van der Waals surface area contributed by atoms with E-state index >= 15 is 0 Å². The van der Waals surface area contributed by atoms with Crippen molar-refractivity contribution in [3.63, 3.8) is 0 Å². The second kappa shape index (κ2) is 8.53. The number of halogens is 3. The van der Waals surface area contributed by atoms with Crippen molar-refractivity contribution in [1.82, 2.24) is 24.7 Å². The lowest BCUT2D eigenvalue weighted by atomic mass is 10.2. The van der Waals surface area contributed by atoms with Gasteiger partial charge in [0.2, 0.25) is 10.7 Å². The highest BCUT2D eigenvalue weighted by Gasteiger charge is 2.36. The highest BCUT2D eigenvalue weighted by Crippen LogP contribution is 2.33. The average Bonchev–Trinajstić information content (AvgIpc) is 3.51. The topological polar surface area (TPSA) is 150 Å². The molecule has 4 N–H and O–H groups in total. The van der Waals surface area contributed by atoms with E-state index < -0.39 is 23.8 Å². The number of aryl methyl sites for hydroxylation is 1. The Morgan fingerprint density at radius 3 is 2.50 bits per heavy atom. The maximum absolute atomic E-state index is 13.4. The molecule has 0 saturated carbocycles. The van der Waals surface area contributed by atoms with E-state index in [9.17, 15) is 18.0 Å². The zero-order valence-electron chi connectivity index (χ0n) is 18.2. The highest BCUT2D eigenvalue weighted by molar-refractivity contribution is 7.08. The summed E-state index contributed by atoms with van der Waals surface area (Å²) in [6, 6.07) is 11.2. The van der Waals surface area contributed by atoms with E-state index in [-0.39, 0.29) is 16.3 Å². The monoisotopic (exact) mass is 516 g/mol. The number of nitrogens with one attached hydrogen (secondary N) is 2. The molecule has 0 unspecified atom stereocenters. The van der Waals surface area contributed by atoms with E-state index in [0.717, 1.165) is 4.68 Å². The molecule has 0 spiro atoms. The fourth-order valence-electron chi connectivity index (χ4n) is 3.33. The molecule has 0 fully saturated rings. The Kier molecular flexibility index (Phi) is 5.47. The number of carbonyl (C=O) groups is 1. The lowest BCUT2D eigenvalue weighted by Gasteiger charge is -2.09. The number of anilines is 2. The number of hydrogen-bond acceptors (Lipinski definition) is 9. The predicted octanol–water partition coefficient (Wildman–Crippen LogP) is 4.26. The van der Waals surface area contributed by atoms with Gasteiger partial charge < -0.3 is 15.0 Å². The molecule has 0 saturated heterocycles. The number of nitrogen functional groups attached to an aromatic ring is 1. The van der Waals surface area contributed by atoms with Crippen molar-refractivity contribution < 1.29 is 27.2 Å². The summed E-state index contributed by atoms with van der Waals surface area (Å²) in [6.45, 7) is 1.78. The van der Waals surface area contributed by atoms with Gasteiger partial charge in [-0.3, -0.25) is 10.7 Å². The molecule has 5 aromatic rings. The van der Waals surface area contributed by atoms with Gasteiger partial charge in [-0.15, -0.1) is 0 Å². The van der Waals surface area contributed by atoms with Gasteiger partial charge in [0, 0.05) is 11.8 Å². The van der Waals surface area contributed by atoms with Crippen LogP contribution in [0, 0.1) is 12.3 Å². The first-order chi connectivity index (χ1) is 17.1. The zero-order valence-corrected chi connectivity index (χ0v) is 19.0. The number of benzene rings is 2. The summed E-state index contributed by atoms with van der Waals surface area (Å²) in [5.41, 5.74) is 5.85. The normalized spacial score (nSPS) is 11.7. The molecule has 0 aliphatic carbocycles. The number of ether oxygens (including phenoxy) is 1. The third kappa shape index (κ3) is 4.38. The van der Waals surface area contributed by atoms with E-state index in [0.29, 0.717) is 33.4 Å². The summed E-state index contributed by atoms with van der Waals surface area (Å²) in [4.78, 5) is 12.7. The van der Waals surface area contributed by atoms with Crippen molar-refractivity contribution in [2.75, 3.05) is 11.1 Å². The molecular weight excluding hydrogens is 501 g/mol. The van der Waals surface area contributed by atoms with Crippen LogP contribution in [0.5, 0.6) is 5.88 Å². The minimum absolute atomic E-state index is 0.0437. The van der Waals surface area contributed by atoms with Gasteiger partial charge >= 0.3 is 12.3 Å². The molecule has 36 heavy (non-hydrogen) atoms. The Morgan fingerprint density at radius 1 is 1.11 bits per heavy atom. The van der Waals surface area contributed by atoms with Gasteiger partial charge in [0.1, 0.15) is 5.01 Å². The van der Waals surface area contributed by atoms with E-state index in [2.05, 4.69) is 20.7 Å². The van der Waals surface area contributed by atoms with Gasteiger partial charge in [-0.05, 0) is 49.4 Å². The van der Waals surface area contributed by atoms with Crippen molar-refractivity contribution in [1.29, 1.82) is 5.41 Å². The molecule has 0 radical (unpaired) electrons. The molecule has 1 amide bonds. The average molecular weight is 516 g/mol. The van der Waals surface area contributed by atoms with Crippen molar-refractivity contribution in [3.8, 4) is 17.3 Å². The van der Waals surface area contributed by atoms with Gasteiger partial charge in [-0.2, -0.15) is 28.1 Å². The quantitative estimate of drug-likeness (QED) is 0.323. The number of aromatic nitrogens is 5. The number of alkyl halides is 3. The van der Waals surface area contributed by atoms with E-state index in [1.54, 1.807) is 31.2 Å². The van der Waals surface area contributed by atoms with Crippen LogP contribution < -0.4 is 20.6 Å². The maximum Gasteiger partial charge on any atom is 0.435 e. The van der Waals surface area contributed by atoms with Gasteiger partial charge in [0.25, 0.3) is 0 Å². The number of nitrogens with zero attached hydrogens (tertiary/aromatic N) is 5. The van der Waals surface area contributed by atoms with Crippen molar-refractivity contribution >= 4 is 39.9 Å². The van der Waals surface area contributed by atoms with Gasteiger partial charge in [-0.1, -0.05) is 16.5 Å². The lowest BCUT2D eigenvalue weighted by Crippen LogP contribution is -2.18. The third-order valence-corrected chi connectivity index (χ3v) is 5.67. The summed E-state index contributed by atoms with van der Waals surface area (Å²) in [7, 11) is 0. The van der Waals surface area contributed by atoms with Crippen LogP contribution in [0.15, 0.2) is 53.1 Å². The fourth-order valence-corrected chi connectivity index (χ4v) is 3.96. The molecule has 3 aromatic heterocycles. The molecule has 11 nitrogen and oxygen atoms in total. The van der Waals surface area contributed by atoms with Crippen LogP contribution >= 0.6 is 11.3 Å². The lowest BCUT2D eigenvalue weighted by molar-refractivity contribution is -0.141. The molecule has 5 rings (SSSR count). The number of carbonyl (C=O) groups excluding carboxylic acids is 1. The molecule has 0 bridgehead atoms. The summed E-state index contributed by atoms with van der Waals surface area (Å²) in [5.74, 6) is -0.430. The standard InChI is InChI=1S/C21H15F3N8O3S/c1-10-28-32(19(26)36-10)12-4-2-11(3-5-12)27-20(33)34-17-9-16(21(22,23)24)29-31(17)13-6-7-15-14(8-13)18(25)30-35-15/h2-9,26H,1H3,(H2,25,30)(H,27,33). The van der Waals surface area contributed by atoms with Crippen LogP contribution in [0.2, 0.25) is 0 Å². The molecule has 2 aromatic carbocycles. The number of rotatable bonds is 4. The second-order valence-electron chi connectivity index (χ2n) is 7.43. The summed E-state index contributed by atoms with van der Waals surface area (Å²) in [5, 5.41) is 22.8. The number of fused-ring (bicyclic) bond motifs is 1. The molecule has 184 valence electrons.